The maximum Gasteiger partial charge on any atom is 0.307 e. The van der Waals surface area contributed by atoms with E-state index in [1.165, 1.54) is 13.0 Å². The quantitative estimate of drug-likeness (QED) is 0.686. The van der Waals surface area contributed by atoms with Crippen molar-refractivity contribution in [3.63, 3.8) is 0 Å². The summed E-state index contributed by atoms with van der Waals surface area (Å²) >= 11 is 1.84. The minimum atomic E-state index is -2.62. The lowest BCUT2D eigenvalue weighted by Crippen LogP contribution is -2.06. The van der Waals surface area contributed by atoms with Crippen LogP contribution in [0.5, 0.6) is 0 Å². The number of carboxylic acid groups (broad SMARTS) is 1. The summed E-state index contributed by atoms with van der Waals surface area (Å²) in [4.78, 5) is 14.4. The van der Waals surface area contributed by atoms with Crippen molar-refractivity contribution >= 4 is 28.6 Å². The summed E-state index contributed by atoms with van der Waals surface area (Å²) in [7, 11) is 0. The molecule has 1 aromatic heterocycles. The second-order valence-corrected chi connectivity index (χ2v) is 4.01. The van der Waals surface area contributed by atoms with E-state index in [4.69, 9.17) is 5.11 Å². The van der Waals surface area contributed by atoms with Crippen molar-refractivity contribution in [1.29, 1.82) is 0 Å². The van der Waals surface area contributed by atoms with Crippen molar-refractivity contribution in [3.05, 3.63) is 26.6 Å². The average Bonchev–Trinajstić information content (AvgIpc) is 2.08. The molecule has 15 heavy (non-hydrogen) atoms. The summed E-state index contributed by atoms with van der Waals surface area (Å²) in [5, 5.41) is 8.57. The van der Waals surface area contributed by atoms with Crippen LogP contribution in [-0.4, -0.2) is 16.1 Å². The molecule has 0 aliphatic carbocycles. The molecule has 82 valence electrons. The lowest BCUT2D eigenvalue weighted by molar-refractivity contribution is -0.136. The van der Waals surface area contributed by atoms with Gasteiger partial charge >= 0.3 is 5.97 Å². The predicted molar refractivity (Wildman–Crippen MR) is 58.0 cm³/mol. The van der Waals surface area contributed by atoms with Crippen molar-refractivity contribution in [2.24, 2.45) is 0 Å². The minimum Gasteiger partial charge on any atom is -0.481 e. The molecule has 0 aliphatic heterocycles. The van der Waals surface area contributed by atoms with E-state index in [1.54, 1.807) is 0 Å². The molecule has 3 nitrogen and oxygen atoms in total. The Hall–Kier alpha value is -0.790. The topological polar surface area (TPSA) is 50.2 Å². The summed E-state index contributed by atoms with van der Waals surface area (Å²) in [6.07, 6.45) is -2.91. The molecule has 0 aromatic carbocycles. The Morgan fingerprint density at radius 1 is 1.67 bits per heavy atom. The highest BCUT2D eigenvalue weighted by atomic mass is 127. The number of aliphatic carboxylic acids is 1. The number of hydrogen-bond donors (Lipinski definition) is 1. The zero-order valence-electron chi connectivity index (χ0n) is 7.80. The highest BCUT2D eigenvalue weighted by Gasteiger charge is 2.16. The third kappa shape index (κ3) is 3.08. The van der Waals surface area contributed by atoms with Gasteiger partial charge in [-0.3, -0.25) is 4.79 Å². The number of carbonyl (C=O) groups is 1. The molecule has 0 amide bonds. The van der Waals surface area contributed by atoms with Gasteiger partial charge in [-0.2, -0.15) is 0 Å². The van der Waals surface area contributed by atoms with E-state index in [9.17, 15) is 13.6 Å². The van der Waals surface area contributed by atoms with Crippen LogP contribution in [0.2, 0.25) is 0 Å². The maximum atomic E-state index is 12.5. The number of aryl methyl sites for hydroxylation is 1. The number of carboxylic acids is 1. The van der Waals surface area contributed by atoms with E-state index in [0.717, 1.165) is 0 Å². The normalized spacial score (nSPS) is 10.7. The molecule has 1 N–H and O–H groups in total. The van der Waals surface area contributed by atoms with Crippen LogP contribution in [0.25, 0.3) is 0 Å². The van der Waals surface area contributed by atoms with Crippen LogP contribution in [0.4, 0.5) is 8.78 Å². The molecule has 0 radical (unpaired) electrons. The first-order valence-corrected chi connectivity index (χ1v) is 5.15. The zero-order valence-corrected chi connectivity index (χ0v) is 9.96. The highest BCUT2D eigenvalue weighted by Crippen LogP contribution is 2.24. The van der Waals surface area contributed by atoms with Gasteiger partial charge in [-0.1, -0.05) is 0 Å². The van der Waals surface area contributed by atoms with Gasteiger partial charge in [-0.25, -0.2) is 13.8 Å². The van der Waals surface area contributed by atoms with Crippen LogP contribution in [-0.2, 0) is 11.2 Å². The molecule has 1 rings (SSSR count). The molecule has 0 aliphatic rings. The Balaban J connectivity index is 3.17. The Kier molecular flexibility index (Phi) is 3.95. The highest BCUT2D eigenvalue weighted by molar-refractivity contribution is 14.1. The smallest absolute Gasteiger partial charge is 0.307 e. The summed E-state index contributed by atoms with van der Waals surface area (Å²) < 4.78 is 25.4. The monoisotopic (exact) mass is 327 g/mol. The average molecular weight is 327 g/mol. The van der Waals surface area contributed by atoms with E-state index in [0.29, 0.717) is 9.26 Å². The van der Waals surface area contributed by atoms with Crippen molar-refractivity contribution < 1.29 is 18.7 Å². The molecule has 0 unspecified atom stereocenters. The van der Waals surface area contributed by atoms with E-state index in [2.05, 4.69) is 4.98 Å². The van der Waals surface area contributed by atoms with Gasteiger partial charge in [0.2, 0.25) is 0 Å². The van der Waals surface area contributed by atoms with Crippen LogP contribution >= 0.6 is 22.6 Å². The maximum absolute atomic E-state index is 12.5. The summed E-state index contributed by atoms with van der Waals surface area (Å²) in [6, 6.07) is 1.21. The number of halogens is 3. The number of nitrogens with zero attached hydrogens (tertiary/aromatic N) is 1. The first kappa shape index (κ1) is 12.3. The van der Waals surface area contributed by atoms with Gasteiger partial charge in [0.1, 0.15) is 3.70 Å². The molecule has 0 bridgehead atoms. The fourth-order valence-corrected chi connectivity index (χ4v) is 1.85. The summed E-state index contributed by atoms with van der Waals surface area (Å²) in [5.41, 5.74) is 0.360. The van der Waals surface area contributed by atoms with Crippen LogP contribution in [0.15, 0.2) is 6.07 Å². The summed E-state index contributed by atoms with van der Waals surface area (Å²) in [6.45, 7) is 1.48. The molecule has 0 spiro atoms. The van der Waals surface area contributed by atoms with Crippen LogP contribution in [0.3, 0.4) is 0 Å². The van der Waals surface area contributed by atoms with E-state index >= 15 is 0 Å². The first-order chi connectivity index (χ1) is 6.91. The largest absolute Gasteiger partial charge is 0.481 e. The first-order valence-electron chi connectivity index (χ1n) is 4.07. The van der Waals surface area contributed by atoms with Crippen LogP contribution < -0.4 is 0 Å². The lowest BCUT2D eigenvalue weighted by atomic mass is 10.1. The molecule has 6 heteroatoms. The number of rotatable bonds is 3. The van der Waals surface area contributed by atoms with Gasteiger partial charge in [0.25, 0.3) is 6.43 Å². The second kappa shape index (κ2) is 4.82. The van der Waals surface area contributed by atoms with Crippen molar-refractivity contribution in [2.45, 2.75) is 19.8 Å². The van der Waals surface area contributed by atoms with Crippen molar-refractivity contribution in [3.8, 4) is 0 Å². The Labute approximate surface area is 98.7 Å². The minimum absolute atomic E-state index is 0.202. The zero-order chi connectivity index (χ0) is 11.6. The standard InChI is InChI=1S/C9H8F2INO2/c1-4-6(8(10)11)2-5(3-7(14)15)9(12)13-4/h2,8H,3H2,1H3,(H,14,15). The number of alkyl halides is 2. The van der Waals surface area contributed by atoms with E-state index in [1.807, 2.05) is 22.6 Å². The molecule has 1 heterocycles. The lowest BCUT2D eigenvalue weighted by Gasteiger charge is -2.08. The van der Waals surface area contributed by atoms with Crippen molar-refractivity contribution in [1.82, 2.24) is 4.98 Å². The van der Waals surface area contributed by atoms with Gasteiger partial charge < -0.3 is 5.11 Å². The second-order valence-electron chi connectivity index (χ2n) is 2.98. The van der Waals surface area contributed by atoms with Crippen LogP contribution in [0, 0.1) is 10.6 Å². The molecule has 1 aromatic rings. The fourth-order valence-electron chi connectivity index (χ4n) is 1.14. The molecular formula is C9H8F2INO2. The van der Waals surface area contributed by atoms with Crippen molar-refractivity contribution in [2.75, 3.05) is 0 Å². The van der Waals surface area contributed by atoms with Gasteiger partial charge in [-0.05, 0) is 41.1 Å². The number of pyridine rings is 1. The third-order valence-electron chi connectivity index (χ3n) is 1.86. The van der Waals surface area contributed by atoms with Gasteiger partial charge in [-0.15, -0.1) is 0 Å². The SMILES string of the molecule is Cc1nc(I)c(CC(=O)O)cc1C(F)F. The van der Waals surface area contributed by atoms with Gasteiger partial charge in [0, 0.05) is 11.3 Å². The molecule has 0 fully saturated rings. The molecule has 0 saturated heterocycles. The third-order valence-corrected chi connectivity index (χ3v) is 2.79. The number of hydrogen-bond acceptors (Lipinski definition) is 2. The Morgan fingerprint density at radius 2 is 2.27 bits per heavy atom. The van der Waals surface area contributed by atoms with E-state index < -0.39 is 12.4 Å². The molecule has 0 saturated carbocycles. The van der Waals surface area contributed by atoms with Gasteiger partial charge in [0.05, 0.1) is 6.42 Å². The van der Waals surface area contributed by atoms with Gasteiger partial charge in [0.15, 0.2) is 0 Å². The van der Waals surface area contributed by atoms with E-state index in [-0.39, 0.29) is 17.7 Å². The van der Waals surface area contributed by atoms with Crippen LogP contribution in [0.1, 0.15) is 23.2 Å². The summed E-state index contributed by atoms with van der Waals surface area (Å²) in [5.74, 6) is -1.06. The number of aromatic nitrogens is 1. The predicted octanol–water partition coefficient (Wildman–Crippen LogP) is 2.56. The molecule has 0 atom stereocenters. The Bertz CT molecular complexity index is 396. The fraction of sp³-hybridized carbons (Fsp3) is 0.333. The Morgan fingerprint density at radius 3 is 2.73 bits per heavy atom. The molecular weight excluding hydrogens is 319 g/mol.